The molecular weight excluding hydrogens is 261 g/mol. The lowest BCUT2D eigenvalue weighted by Crippen LogP contribution is -2.31. The Labute approximate surface area is 116 Å². The molecule has 2 aromatic rings. The zero-order valence-corrected chi connectivity index (χ0v) is 11.6. The first kappa shape index (κ1) is 13.7. The monoisotopic (exact) mass is 277 g/mol. The second-order valence-electron chi connectivity index (χ2n) is 4.26. The van der Waals surface area contributed by atoms with E-state index in [1.165, 1.54) is 6.07 Å². The van der Waals surface area contributed by atoms with Crippen LogP contribution in [0.15, 0.2) is 41.8 Å². The molecule has 0 N–H and O–H groups in total. The Balaban J connectivity index is 2.03. The van der Waals surface area contributed by atoms with Crippen LogP contribution in [0.5, 0.6) is 0 Å². The van der Waals surface area contributed by atoms with Crippen molar-refractivity contribution in [3.63, 3.8) is 0 Å². The van der Waals surface area contributed by atoms with Gasteiger partial charge in [0.25, 0.3) is 0 Å². The van der Waals surface area contributed by atoms with Crippen LogP contribution in [-0.4, -0.2) is 17.4 Å². The number of carbonyl (C=O) groups is 1. The Morgan fingerprint density at radius 2 is 2.05 bits per heavy atom. The highest BCUT2D eigenvalue weighted by atomic mass is 32.1. The molecule has 1 heterocycles. The van der Waals surface area contributed by atoms with Gasteiger partial charge in [-0.1, -0.05) is 24.3 Å². The average molecular weight is 277 g/mol. The number of carbonyl (C=O) groups excluding carboxylic acids is 1. The molecule has 100 valence electrons. The predicted molar refractivity (Wildman–Crippen MR) is 75.5 cm³/mol. The van der Waals surface area contributed by atoms with Crippen molar-refractivity contribution in [2.24, 2.45) is 0 Å². The molecule has 0 aliphatic carbocycles. The molecule has 1 aromatic heterocycles. The molecule has 0 fully saturated rings. The third kappa shape index (κ3) is 3.64. The van der Waals surface area contributed by atoms with Crippen molar-refractivity contribution in [2.45, 2.75) is 19.9 Å². The molecule has 1 aromatic carbocycles. The maximum atomic E-state index is 13.5. The van der Waals surface area contributed by atoms with E-state index in [9.17, 15) is 9.18 Å². The second kappa shape index (κ2) is 6.48. The SMILES string of the molecule is CCN(Cc1cccs1)C(=O)Cc1ccccc1F. The Bertz CT molecular complexity index is 539. The van der Waals surface area contributed by atoms with Gasteiger partial charge in [0.2, 0.25) is 5.91 Å². The topological polar surface area (TPSA) is 20.3 Å². The van der Waals surface area contributed by atoms with E-state index in [1.807, 2.05) is 24.4 Å². The normalized spacial score (nSPS) is 10.4. The molecule has 0 aliphatic rings. The minimum atomic E-state index is -0.317. The highest BCUT2D eigenvalue weighted by Gasteiger charge is 2.15. The highest BCUT2D eigenvalue weighted by molar-refractivity contribution is 7.09. The van der Waals surface area contributed by atoms with Gasteiger partial charge in [0.05, 0.1) is 13.0 Å². The Morgan fingerprint density at radius 1 is 1.26 bits per heavy atom. The van der Waals surface area contributed by atoms with Crippen LogP contribution < -0.4 is 0 Å². The van der Waals surface area contributed by atoms with Crippen LogP contribution >= 0.6 is 11.3 Å². The van der Waals surface area contributed by atoms with Gasteiger partial charge in [-0.15, -0.1) is 11.3 Å². The fraction of sp³-hybridized carbons (Fsp3) is 0.267. The second-order valence-corrected chi connectivity index (χ2v) is 5.29. The Morgan fingerprint density at radius 3 is 2.68 bits per heavy atom. The summed E-state index contributed by atoms with van der Waals surface area (Å²) in [6.07, 6.45) is 0.117. The molecule has 0 atom stereocenters. The number of hydrogen-bond donors (Lipinski definition) is 0. The van der Waals surface area contributed by atoms with Gasteiger partial charge < -0.3 is 4.90 Å². The Hall–Kier alpha value is -1.68. The van der Waals surface area contributed by atoms with Gasteiger partial charge >= 0.3 is 0 Å². The molecule has 1 amide bonds. The fourth-order valence-electron chi connectivity index (χ4n) is 1.88. The summed E-state index contributed by atoms with van der Waals surface area (Å²) >= 11 is 1.63. The quantitative estimate of drug-likeness (QED) is 0.819. The van der Waals surface area contributed by atoms with Gasteiger partial charge in [-0.05, 0) is 30.0 Å². The molecule has 0 bridgehead atoms. The molecule has 0 unspecified atom stereocenters. The summed E-state index contributed by atoms with van der Waals surface area (Å²) in [5.74, 6) is -0.357. The molecular formula is C15H16FNOS. The maximum Gasteiger partial charge on any atom is 0.227 e. The number of rotatable bonds is 5. The lowest BCUT2D eigenvalue weighted by molar-refractivity contribution is -0.130. The third-order valence-corrected chi connectivity index (χ3v) is 3.82. The number of likely N-dealkylation sites (N-methyl/N-ethyl adjacent to an activating group) is 1. The smallest absolute Gasteiger partial charge is 0.227 e. The summed E-state index contributed by atoms with van der Waals surface area (Å²) in [4.78, 5) is 15.1. The number of thiophene rings is 1. The van der Waals surface area contributed by atoms with E-state index >= 15 is 0 Å². The van der Waals surface area contributed by atoms with Crippen LogP contribution in [0, 0.1) is 5.82 Å². The van der Waals surface area contributed by atoms with Gasteiger partial charge in [-0.25, -0.2) is 4.39 Å². The summed E-state index contributed by atoms with van der Waals surface area (Å²) in [5.41, 5.74) is 0.456. The van der Waals surface area contributed by atoms with Crippen LogP contribution in [0.3, 0.4) is 0 Å². The standard InChI is InChI=1S/C15H16FNOS/c1-2-17(11-13-7-5-9-19-13)15(18)10-12-6-3-4-8-14(12)16/h3-9H,2,10-11H2,1H3. The third-order valence-electron chi connectivity index (χ3n) is 2.96. The number of benzene rings is 1. The number of nitrogens with zero attached hydrogens (tertiary/aromatic N) is 1. The largest absolute Gasteiger partial charge is 0.338 e. The van der Waals surface area contributed by atoms with E-state index in [-0.39, 0.29) is 18.1 Å². The van der Waals surface area contributed by atoms with Crippen LogP contribution in [0.25, 0.3) is 0 Å². The summed E-state index contributed by atoms with van der Waals surface area (Å²) in [6, 6.07) is 10.4. The minimum absolute atomic E-state index is 0.0407. The van der Waals surface area contributed by atoms with Gasteiger partial charge in [0.1, 0.15) is 5.82 Å². The van der Waals surface area contributed by atoms with Crippen molar-refractivity contribution in [2.75, 3.05) is 6.54 Å². The van der Waals surface area contributed by atoms with Gasteiger partial charge in [-0.2, -0.15) is 0 Å². The van der Waals surface area contributed by atoms with E-state index in [0.717, 1.165) is 4.88 Å². The molecule has 2 nitrogen and oxygen atoms in total. The van der Waals surface area contributed by atoms with E-state index in [4.69, 9.17) is 0 Å². The zero-order chi connectivity index (χ0) is 13.7. The maximum absolute atomic E-state index is 13.5. The predicted octanol–water partition coefficient (Wildman–Crippen LogP) is 3.48. The number of halogens is 1. The summed E-state index contributed by atoms with van der Waals surface area (Å²) in [6.45, 7) is 3.17. The lowest BCUT2D eigenvalue weighted by atomic mass is 10.1. The fourth-order valence-corrected chi connectivity index (χ4v) is 2.60. The molecule has 0 spiro atoms. The molecule has 19 heavy (non-hydrogen) atoms. The Kier molecular flexibility index (Phi) is 4.68. The lowest BCUT2D eigenvalue weighted by Gasteiger charge is -2.20. The number of amides is 1. The summed E-state index contributed by atoms with van der Waals surface area (Å²) in [7, 11) is 0. The highest BCUT2D eigenvalue weighted by Crippen LogP contribution is 2.14. The van der Waals surface area contributed by atoms with Crippen molar-refractivity contribution >= 4 is 17.2 Å². The van der Waals surface area contributed by atoms with E-state index in [1.54, 1.807) is 34.4 Å². The first-order valence-corrected chi connectivity index (χ1v) is 7.12. The van der Waals surface area contributed by atoms with Crippen LogP contribution in [-0.2, 0) is 17.8 Å². The van der Waals surface area contributed by atoms with Gasteiger partial charge in [0, 0.05) is 11.4 Å². The van der Waals surface area contributed by atoms with Crippen LogP contribution in [0.1, 0.15) is 17.4 Å². The first-order chi connectivity index (χ1) is 9.20. The van der Waals surface area contributed by atoms with Crippen molar-refractivity contribution < 1.29 is 9.18 Å². The van der Waals surface area contributed by atoms with Crippen LogP contribution in [0.2, 0.25) is 0 Å². The summed E-state index contributed by atoms with van der Waals surface area (Å²) < 4.78 is 13.5. The van der Waals surface area contributed by atoms with Crippen molar-refractivity contribution in [3.8, 4) is 0 Å². The molecule has 0 radical (unpaired) electrons. The summed E-state index contributed by atoms with van der Waals surface area (Å²) in [5, 5.41) is 1.99. The molecule has 0 aliphatic heterocycles. The van der Waals surface area contributed by atoms with E-state index < -0.39 is 0 Å². The van der Waals surface area contributed by atoms with E-state index in [2.05, 4.69) is 0 Å². The molecule has 2 rings (SSSR count). The van der Waals surface area contributed by atoms with Crippen molar-refractivity contribution in [1.82, 2.24) is 4.90 Å². The van der Waals surface area contributed by atoms with Crippen molar-refractivity contribution in [3.05, 3.63) is 58.0 Å². The van der Waals surface area contributed by atoms with Crippen molar-refractivity contribution in [1.29, 1.82) is 0 Å². The molecule has 0 saturated carbocycles. The molecule has 0 saturated heterocycles. The van der Waals surface area contributed by atoms with Gasteiger partial charge in [-0.3, -0.25) is 4.79 Å². The average Bonchev–Trinajstić information content (AvgIpc) is 2.91. The van der Waals surface area contributed by atoms with E-state index in [0.29, 0.717) is 18.7 Å². The first-order valence-electron chi connectivity index (χ1n) is 6.24. The zero-order valence-electron chi connectivity index (χ0n) is 10.8. The molecule has 4 heteroatoms. The minimum Gasteiger partial charge on any atom is -0.338 e. The number of hydrogen-bond acceptors (Lipinski definition) is 2. The van der Waals surface area contributed by atoms with Gasteiger partial charge in [0.15, 0.2) is 0 Å². The van der Waals surface area contributed by atoms with Crippen LogP contribution in [0.4, 0.5) is 4.39 Å².